The lowest BCUT2D eigenvalue weighted by molar-refractivity contribution is -0.140. The fourth-order valence-corrected chi connectivity index (χ4v) is 4.51. The summed E-state index contributed by atoms with van der Waals surface area (Å²) in [7, 11) is 0. The molecule has 0 saturated heterocycles. The quantitative estimate of drug-likeness (QED) is 0.0577. The molecule has 4 rings (SSSR count). The number of thiocyanates is 1. The van der Waals surface area contributed by atoms with Gasteiger partial charge in [0.15, 0.2) is 11.2 Å². The Kier molecular flexibility index (Phi) is 19.1. The molecule has 4 aromatic carbocycles. The van der Waals surface area contributed by atoms with Crippen LogP contribution in [-0.2, 0) is 22.4 Å². The third-order valence-corrected chi connectivity index (χ3v) is 7.08. The highest BCUT2D eigenvalue weighted by Crippen LogP contribution is 2.18. The number of benzene rings is 4. The molecule has 10 nitrogen and oxygen atoms in total. The zero-order chi connectivity index (χ0) is 33.7. The number of aromatic hydroxyl groups is 2. The predicted octanol–water partition coefficient (Wildman–Crippen LogP) is 5.78. The van der Waals surface area contributed by atoms with Gasteiger partial charge in [0.25, 0.3) is 0 Å². The maximum absolute atomic E-state index is 11.4. The van der Waals surface area contributed by atoms with Crippen LogP contribution in [0.2, 0.25) is 0 Å². The minimum absolute atomic E-state index is 0. The summed E-state index contributed by atoms with van der Waals surface area (Å²) in [5.74, 6) is -0.720. The third-order valence-electron chi connectivity index (χ3n) is 6.28. The lowest BCUT2D eigenvalue weighted by Crippen LogP contribution is -2.41. The molecule has 248 valence electrons. The van der Waals surface area contributed by atoms with Crippen LogP contribution in [0, 0.1) is 10.7 Å². The normalized spacial score (nSPS) is 10.9. The van der Waals surface area contributed by atoms with Crippen LogP contribution in [0.1, 0.15) is 41.8 Å². The highest BCUT2D eigenvalue weighted by molar-refractivity contribution is 8.03. The third kappa shape index (κ3) is 15.2. The van der Waals surface area contributed by atoms with Crippen molar-refractivity contribution >= 4 is 41.0 Å². The second kappa shape index (κ2) is 22.4. The fourth-order valence-electron chi connectivity index (χ4n) is 3.88. The van der Waals surface area contributed by atoms with Crippen LogP contribution in [-0.4, -0.2) is 49.8 Å². The number of carboxylic acid groups (broad SMARTS) is 2. The Hall–Kier alpha value is -5.09. The van der Waals surface area contributed by atoms with Gasteiger partial charge in [-0.3, -0.25) is 4.79 Å². The highest BCUT2D eigenvalue weighted by Gasteiger charge is 2.20. The molecule has 0 aliphatic rings. The van der Waals surface area contributed by atoms with E-state index in [1.165, 1.54) is 11.8 Å². The molecule has 8 N–H and O–H groups in total. The number of thioether (sulfide) groups is 1. The van der Waals surface area contributed by atoms with Gasteiger partial charge < -0.3 is 36.8 Å². The van der Waals surface area contributed by atoms with Crippen molar-refractivity contribution in [1.82, 2.24) is 10.6 Å². The van der Waals surface area contributed by atoms with Crippen molar-refractivity contribution in [3.8, 4) is 16.9 Å². The van der Waals surface area contributed by atoms with Crippen LogP contribution < -0.4 is 16.4 Å². The average molecular weight is 677 g/mol. The van der Waals surface area contributed by atoms with E-state index in [1.54, 1.807) is 72.8 Å². The van der Waals surface area contributed by atoms with Gasteiger partial charge in [-0.15, -0.1) is 0 Å². The van der Waals surface area contributed by atoms with Crippen LogP contribution in [0.3, 0.4) is 0 Å². The highest BCUT2D eigenvalue weighted by atomic mass is 32.2. The standard InChI is InChI=1S/C17H18N2O3S.C9H9NOS.C8H9NO2.CH4/c20-14-9-5-4-6-12(14)10-11-18-17(23)19-15(16(21)22)13-7-2-1-3-8-13;10-7-12-6-5-8-3-1-2-4-9(8)11;9-7(8(10)11)6-4-2-1-3-5-6;/h1-9,15,20H,10-11H2,(H,21,22)(H2,18,19,23);1-4,11H,5-6H2;1-5,7H,9H2,(H,10,11);1H4/t15-;;7-;/m0.0./s1. The Labute approximate surface area is 284 Å². The summed E-state index contributed by atoms with van der Waals surface area (Å²) in [6.45, 7) is 0.491. The van der Waals surface area contributed by atoms with Crippen LogP contribution in [0.15, 0.2) is 109 Å². The monoisotopic (exact) mass is 676 g/mol. The fraction of sp³-hybridized carbons (Fsp3) is 0.200. The number of para-hydroxylation sites is 2. The van der Waals surface area contributed by atoms with Crippen LogP contribution in [0.25, 0.3) is 0 Å². The molecule has 0 heterocycles. The van der Waals surface area contributed by atoms with Crippen molar-refractivity contribution < 1.29 is 30.0 Å². The number of carboxylic acids is 2. The van der Waals surface area contributed by atoms with E-state index in [-0.39, 0.29) is 18.3 Å². The molecule has 0 aliphatic carbocycles. The average Bonchev–Trinajstić information content (AvgIpc) is 3.06. The number of phenols is 2. The first-order chi connectivity index (χ1) is 22.1. The zero-order valence-electron chi connectivity index (χ0n) is 24.8. The SMILES string of the molecule is C.N#CSCCc1ccccc1O.N[C@H](C(=O)O)c1ccccc1.O=C(O)[C@@H](NC(=S)NCCc1ccccc1O)c1ccccc1. The molecule has 0 spiro atoms. The summed E-state index contributed by atoms with van der Waals surface area (Å²) in [5.41, 5.74) is 8.30. The van der Waals surface area contributed by atoms with Crippen molar-refractivity contribution in [3.05, 3.63) is 131 Å². The second-order valence-electron chi connectivity index (χ2n) is 9.51. The maximum atomic E-state index is 11.4. The van der Waals surface area contributed by atoms with E-state index in [0.717, 1.165) is 23.3 Å². The number of hydrogen-bond acceptors (Lipinski definition) is 8. The number of nitriles is 1. The number of nitrogens with two attached hydrogens (primary N) is 1. The molecule has 0 amide bonds. The number of rotatable bonds is 11. The van der Waals surface area contributed by atoms with Gasteiger partial charge in [-0.2, -0.15) is 5.26 Å². The Morgan fingerprint density at radius 3 is 1.70 bits per heavy atom. The topological polar surface area (TPSA) is 189 Å². The number of carbonyl (C=O) groups is 2. The smallest absolute Gasteiger partial charge is 0.330 e. The van der Waals surface area contributed by atoms with Gasteiger partial charge in [-0.05, 0) is 71.2 Å². The minimum atomic E-state index is -1.00. The molecular weight excluding hydrogens is 637 g/mol. The molecule has 0 aliphatic heterocycles. The van der Waals surface area contributed by atoms with Gasteiger partial charge in [-0.1, -0.05) is 104 Å². The number of phenolic OH excluding ortho intramolecular Hbond substituents is 2. The van der Waals surface area contributed by atoms with Gasteiger partial charge in [0, 0.05) is 12.3 Å². The first kappa shape index (κ1) is 39.9. The van der Waals surface area contributed by atoms with E-state index >= 15 is 0 Å². The predicted molar refractivity (Wildman–Crippen MR) is 190 cm³/mol. The first-order valence-corrected chi connectivity index (χ1v) is 15.4. The van der Waals surface area contributed by atoms with Crippen molar-refractivity contribution in [2.24, 2.45) is 5.73 Å². The van der Waals surface area contributed by atoms with E-state index in [0.29, 0.717) is 29.8 Å². The van der Waals surface area contributed by atoms with Crippen molar-refractivity contribution in [2.75, 3.05) is 12.3 Å². The number of aryl methyl sites for hydroxylation is 1. The molecule has 0 unspecified atom stereocenters. The molecule has 47 heavy (non-hydrogen) atoms. The number of hydrogen-bond donors (Lipinski definition) is 7. The molecule has 2 atom stereocenters. The summed E-state index contributed by atoms with van der Waals surface area (Å²) < 4.78 is 0. The molecule has 0 fully saturated rings. The summed E-state index contributed by atoms with van der Waals surface area (Å²) >= 11 is 6.36. The van der Waals surface area contributed by atoms with Gasteiger partial charge in [0.05, 0.1) is 0 Å². The van der Waals surface area contributed by atoms with Crippen LogP contribution >= 0.6 is 24.0 Å². The number of thiocarbonyl (C=S) groups is 1. The maximum Gasteiger partial charge on any atom is 0.330 e. The first-order valence-electron chi connectivity index (χ1n) is 14.0. The largest absolute Gasteiger partial charge is 0.508 e. The summed E-state index contributed by atoms with van der Waals surface area (Å²) in [5, 5.41) is 53.1. The van der Waals surface area contributed by atoms with Crippen LogP contribution in [0.4, 0.5) is 0 Å². The summed E-state index contributed by atoms with van der Waals surface area (Å²) in [4.78, 5) is 21.8. The van der Waals surface area contributed by atoms with E-state index in [9.17, 15) is 24.9 Å². The number of aliphatic carboxylic acids is 2. The van der Waals surface area contributed by atoms with Gasteiger partial charge in [-0.25, -0.2) is 4.79 Å². The van der Waals surface area contributed by atoms with Crippen LogP contribution in [0.5, 0.6) is 11.5 Å². The molecule has 0 saturated carbocycles. The van der Waals surface area contributed by atoms with E-state index < -0.39 is 24.0 Å². The van der Waals surface area contributed by atoms with Crippen molar-refractivity contribution in [1.29, 1.82) is 5.26 Å². The van der Waals surface area contributed by atoms with Gasteiger partial charge in [0.2, 0.25) is 0 Å². The van der Waals surface area contributed by atoms with Crippen molar-refractivity contribution in [2.45, 2.75) is 32.4 Å². The molecule has 12 heteroatoms. The van der Waals surface area contributed by atoms with E-state index in [1.807, 2.05) is 41.8 Å². The molecule has 0 radical (unpaired) electrons. The number of nitrogens with one attached hydrogen (secondary N) is 2. The van der Waals surface area contributed by atoms with E-state index in [2.05, 4.69) is 10.6 Å². The molecule has 4 aromatic rings. The molecule has 0 bridgehead atoms. The zero-order valence-corrected chi connectivity index (χ0v) is 26.5. The number of nitrogens with zero attached hydrogens (tertiary/aromatic N) is 1. The molecule has 0 aromatic heterocycles. The van der Waals surface area contributed by atoms with Gasteiger partial charge >= 0.3 is 11.9 Å². The summed E-state index contributed by atoms with van der Waals surface area (Å²) in [6.07, 6.45) is 1.32. The van der Waals surface area contributed by atoms with E-state index in [4.69, 9.17) is 28.3 Å². The second-order valence-corrected chi connectivity index (χ2v) is 10.8. The Balaban J connectivity index is 0.000000387. The Morgan fingerprint density at radius 1 is 0.766 bits per heavy atom. The summed E-state index contributed by atoms with van der Waals surface area (Å²) in [6, 6.07) is 30.0. The minimum Gasteiger partial charge on any atom is -0.508 e. The lowest BCUT2D eigenvalue weighted by Gasteiger charge is -2.17. The van der Waals surface area contributed by atoms with Gasteiger partial charge in [0.1, 0.15) is 22.9 Å². The lowest BCUT2D eigenvalue weighted by atomic mass is 10.1. The Morgan fingerprint density at radius 2 is 1.23 bits per heavy atom. The molecular formula is C35H40N4O6S2. The Bertz CT molecular complexity index is 1570. The van der Waals surface area contributed by atoms with Crippen molar-refractivity contribution in [3.63, 3.8) is 0 Å².